The van der Waals surface area contributed by atoms with Crippen LogP contribution >= 0.6 is 0 Å². The number of aromatic nitrogens is 1. The van der Waals surface area contributed by atoms with Gasteiger partial charge in [-0.15, -0.1) is 0 Å². The summed E-state index contributed by atoms with van der Waals surface area (Å²) in [7, 11) is -3.44. The summed E-state index contributed by atoms with van der Waals surface area (Å²) in [6, 6.07) is 23.7. The van der Waals surface area contributed by atoms with E-state index in [2.05, 4.69) is 16.4 Å². The number of carbonyl (C=O) groups excluding carboxylic acids is 2. The van der Waals surface area contributed by atoms with Gasteiger partial charge in [-0.25, -0.2) is 13.2 Å². The maximum Gasteiger partial charge on any atom is 0.338 e. The van der Waals surface area contributed by atoms with E-state index in [1.807, 2.05) is 42.5 Å². The van der Waals surface area contributed by atoms with Crippen LogP contribution in [-0.2, 0) is 21.1 Å². The molecule has 0 aliphatic rings. The van der Waals surface area contributed by atoms with E-state index >= 15 is 0 Å². The van der Waals surface area contributed by atoms with Crippen LogP contribution in [0.1, 0.15) is 38.9 Å². The van der Waals surface area contributed by atoms with Crippen LogP contribution in [0, 0.1) is 6.92 Å². The fraction of sp³-hybridized carbons (Fsp3) is 0.167. The van der Waals surface area contributed by atoms with E-state index in [0.717, 1.165) is 28.5 Å². The number of pyridine rings is 1. The maximum absolute atomic E-state index is 12.7. The van der Waals surface area contributed by atoms with E-state index in [1.165, 1.54) is 6.07 Å². The number of rotatable bonds is 8. The van der Waals surface area contributed by atoms with Crippen molar-refractivity contribution in [3.8, 4) is 22.3 Å². The van der Waals surface area contributed by atoms with Gasteiger partial charge in [0, 0.05) is 18.0 Å². The van der Waals surface area contributed by atoms with Crippen molar-refractivity contribution >= 4 is 21.7 Å². The lowest BCUT2D eigenvalue weighted by Crippen LogP contribution is -2.23. The largest absolute Gasteiger partial charge is 0.462 e. The van der Waals surface area contributed by atoms with Crippen LogP contribution in [0.4, 0.5) is 0 Å². The van der Waals surface area contributed by atoms with E-state index in [-0.39, 0.29) is 28.9 Å². The fourth-order valence-corrected chi connectivity index (χ4v) is 5.05. The smallest absolute Gasteiger partial charge is 0.338 e. The van der Waals surface area contributed by atoms with Crippen molar-refractivity contribution in [1.29, 1.82) is 0 Å². The lowest BCUT2D eigenvalue weighted by Gasteiger charge is -2.10. The summed E-state index contributed by atoms with van der Waals surface area (Å²) in [5.74, 6) is -0.724. The van der Waals surface area contributed by atoms with Gasteiger partial charge < -0.3 is 10.1 Å². The lowest BCUT2D eigenvalue weighted by atomic mass is 9.98. The second-order valence-electron chi connectivity index (χ2n) is 8.85. The summed E-state index contributed by atoms with van der Waals surface area (Å²) in [4.78, 5) is 29.1. The van der Waals surface area contributed by atoms with E-state index in [1.54, 1.807) is 44.3 Å². The first-order valence-corrected chi connectivity index (χ1v) is 14.0. The van der Waals surface area contributed by atoms with Gasteiger partial charge in [-0.1, -0.05) is 36.4 Å². The standard InChI is InChI=1S/C30H28N2O5S/c1-4-37-30(34)22-12-10-21(11-13-22)23-6-5-7-24(16-23)25-14-15-31-27(17-25)19-32-29(33)26-9-8-20(2)28(18-26)38(3,35)36/h5-18H,4,19H2,1-3H3,(H,32,33). The normalized spacial score (nSPS) is 11.1. The third-order valence-electron chi connectivity index (χ3n) is 6.02. The predicted molar refractivity (Wildman–Crippen MR) is 147 cm³/mol. The van der Waals surface area contributed by atoms with Gasteiger partial charge in [-0.3, -0.25) is 9.78 Å². The zero-order valence-corrected chi connectivity index (χ0v) is 22.2. The maximum atomic E-state index is 12.7. The summed E-state index contributed by atoms with van der Waals surface area (Å²) in [6.07, 6.45) is 2.81. The van der Waals surface area contributed by atoms with Crippen molar-refractivity contribution in [1.82, 2.24) is 10.3 Å². The first-order chi connectivity index (χ1) is 18.2. The summed E-state index contributed by atoms with van der Waals surface area (Å²) in [6.45, 7) is 3.98. The molecule has 0 atom stereocenters. The molecule has 194 valence electrons. The first kappa shape index (κ1) is 26.8. The van der Waals surface area contributed by atoms with Crippen LogP contribution in [0.5, 0.6) is 0 Å². The Kier molecular flexibility index (Phi) is 8.02. The molecule has 8 heteroatoms. The van der Waals surface area contributed by atoms with Gasteiger partial charge in [0.05, 0.1) is 29.3 Å². The van der Waals surface area contributed by atoms with Gasteiger partial charge in [-0.2, -0.15) is 0 Å². The number of ether oxygens (including phenoxy) is 1. The summed E-state index contributed by atoms with van der Waals surface area (Å²) >= 11 is 0. The van der Waals surface area contributed by atoms with Gasteiger partial charge in [0.15, 0.2) is 9.84 Å². The SMILES string of the molecule is CCOC(=O)c1ccc(-c2cccc(-c3ccnc(CNC(=O)c4ccc(C)c(S(C)(=O)=O)c4)c3)c2)cc1. The van der Waals surface area contributed by atoms with Gasteiger partial charge in [0.25, 0.3) is 5.91 Å². The molecule has 0 fully saturated rings. The molecule has 0 radical (unpaired) electrons. The number of nitrogens with one attached hydrogen (secondary N) is 1. The molecule has 0 unspecified atom stereocenters. The fourth-order valence-electron chi connectivity index (χ4n) is 4.06. The molecule has 0 saturated carbocycles. The average molecular weight is 529 g/mol. The Morgan fingerprint density at radius 1 is 0.842 bits per heavy atom. The minimum absolute atomic E-state index is 0.140. The molecule has 1 aromatic heterocycles. The third kappa shape index (κ3) is 6.33. The van der Waals surface area contributed by atoms with Crippen molar-refractivity contribution in [2.24, 2.45) is 0 Å². The van der Waals surface area contributed by atoms with Crippen molar-refractivity contribution < 1.29 is 22.7 Å². The molecule has 0 aliphatic carbocycles. The third-order valence-corrected chi connectivity index (χ3v) is 7.26. The molecular weight excluding hydrogens is 500 g/mol. The number of amides is 1. The molecule has 0 saturated heterocycles. The van der Waals surface area contributed by atoms with E-state index < -0.39 is 9.84 Å². The minimum atomic E-state index is -3.44. The molecule has 7 nitrogen and oxygen atoms in total. The van der Waals surface area contributed by atoms with E-state index in [4.69, 9.17) is 4.74 Å². The predicted octanol–water partition coefficient (Wildman–Crippen LogP) is 5.23. The van der Waals surface area contributed by atoms with Gasteiger partial charge in [-0.05, 0) is 84.1 Å². The zero-order chi connectivity index (χ0) is 27.3. The highest BCUT2D eigenvalue weighted by Gasteiger charge is 2.15. The molecule has 0 spiro atoms. The number of carbonyl (C=O) groups is 2. The topological polar surface area (TPSA) is 102 Å². The number of nitrogens with zero attached hydrogens (tertiary/aromatic N) is 1. The van der Waals surface area contributed by atoms with Crippen molar-refractivity contribution in [3.63, 3.8) is 0 Å². The first-order valence-electron chi connectivity index (χ1n) is 12.1. The van der Waals surface area contributed by atoms with Crippen LogP contribution in [0.25, 0.3) is 22.3 Å². The Balaban J connectivity index is 1.49. The van der Waals surface area contributed by atoms with Crippen LogP contribution < -0.4 is 5.32 Å². The molecule has 4 rings (SSSR count). The molecule has 0 aliphatic heterocycles. The molecule has 0 bridgehead atoms. The van der Waals surface area contributed by atoms with Crippen molar-refractivity contribution in [3.05, 3.63) is 107 Å². The second kappa shape index (κ2) is 11.4. The number of benzene rings is 3. The summed E-state index contributed by atoms with van der Waals surface area (Å²) in [5, 5.41) is 2.82. The number of hydrogen-bond donors (Lipinski definition) is 1. The zero-order valence-electron chi connectivity index (χ0n) is 21.4. The Morgan fingerprint density at radius 3 is 2.18 bits per heavy atom. The highest BCUT2D eigenvalue weighted by molar-refractivity contribution is 7.90. The van der Waals surface area contributed by atoms with Crippen LogP contribution in [0.15, 0.2) is 90.0 Å². The van der Waals surface area contributed by atoms with Gasteiger partial charge >= 0.3 is 5.97 Å². The van der Waals surface area contributed by atoms with Crippen LogP contribution in [0.2, 0.25) is 0 Å². The lowest BCUT2D eigenvalue weighted by molar-refractivity contribution is 0.0526. The average Bonchev–Trinajstić information content (AvgIpc) is 2.92. The Hall–Kier alpha value is -4.30. The van der Waals surface area contributed by atoms with Gasteiger partial charge in [0.2, 0.25) is 0 Å². The summed E-state index contributed by atoms with van der Waals surface area (Å²) in [5.41, 5.74) is 5.90. The summed E-state index contributed by atoms with van der Waals surface area (Å²) < 4.78 is 29.0. The van der Waals surface area contributed by atoms with E-state index in [0.29, 0.717) is 23.4 Å². The minimum Gasteiger partial charge on any atom is -0.462 e. The quantitative estimate of drug-likeness (QED) is 0.314. The highest BCUT2D eigenvalue weighted by Crippen LogP contribution is 2.27. The molecule has 1 amide bonds. The number of esters is 1. The van der Waals surface area contributed by atoms with Crippen LogP contribution in [-0.4, -0.2) is 38.1 Å². The Labute approximate surface area is 222 Å². The monoisotopic (exact) mass is 528 g/mol. The number of sulfone groups is 1. The Bertz CT molecular complexity index is 1600. The molecule has 4 aromatic rings. The van der Waals surface area contributed by atoms with Gasteiger partial charge in [0.1, 0.15) is 0 Å². The van der Waals surface area contributed by atoms with Crippen LogP contribution in [0.3, 0.4) is 0 Å². The molecule has 38 heavy (non-hydrogen) atoms. The number of aryl methyl sites for hydroxylation is 1. The molecular formula is C30H28N2O5S. The van der Waals surface area contributed by atoms with Crippen molar-refractivity contribution in [2.75, 3.05) is 12.9 Å². The Morgan fingerprint density at radius 2 is 1.50 bits per heavy atom. The second-order valence-corrected chi connectivity index (χ2v) is 10.8. The van der Waals surface area contributed by atoms with Crippen molar-refractivity contribution in [2.45, 2.75) is 25.3 Å². The molecule has 1 heterocycles. The highest BCUT2D eigenvalue weighted by atomic mass is 32.2. The molecule has 1 N–H and O–H groups in total. The molecule has 3 aromatic carbocycles. The van der Waals surface area contributed by atoms with E-state index in [9.17, 15) is 18.0 Å². The number of hydrogen-bond acceptors (Lipinski definition) is 6.